The van der Waals surface area contributed by atoms with E-state index in [0.29, 0.717) is 35.1 Å². The van der Waals surface area contributed by atoms with Gasteiger partial charge in [-0.2, -0.15) is 0 Å². The molecule has 0 amide bonds. The van der Waals surface area contributed by atoms with Crippen LogP contribution in [0.4, 0.5) is 5.69 Å². The van der Waals surface area contributed by atoms with Crippen LogP contribution in [0, 0.1) is 17.0 Å². The number of nitrogens with zero attached hydrogens (tertiary/aromatic N) is 2. The lowest BCUT2D eigenvalue weighted by atomic mass is 10.1. The van der Waals surface area contributed by atoms with E-state index in [4.69, 9.17) is 9.47 Å². The van der Waals surface area contributed by atoms with E-state index in [1.165, 1.54) is 24.3 Å². The standard InChI is InChI=1S/C22H20N2O5/c1-15-12-20(28-14-17-6-4-3-5-7-17)22(16(2)23-25)21(13-15)29-19-10-8-18(9-11-19)24(26)27/h3-13,25H,14H2,1-2H3/b23-16+. The van der Waals surface area contributed by atoms with E-state index in [9.17, 15) is 15.3 Å². The number of aryl methyl sites for hydroxylation is 1. The summed E-state index contributed by atoms with van der Waals surface area (Å²) in [5.41, 5.74) is 2.69. The van der Waals surface area contributed by atoms with Gasteiger partial charge in [0.15, 0.2) is 0 Å². The molecule has 3 aromatic carbocycles. The number of non-ortho nitro benzene ring substituents is 1. The van der Waals surface area contributed by atoms with Gasteiger partial charge >= 0.3 is 0 Å². The first-order chi connectivity index (χ1) is 14.0. The van der Waals surface area contributed by atoms with E-state index in [2.05, 4.69) is 5.16 Å². The summed E-state index contributed by atoms with van der Waals surface area (Å²) >= 11 is 0. The van der Waals surface area contributed by atoms with Gasteiger partial charge in [0.25, 0.3) is 5.69 Å². The molecule has 1 N–H and O–H groups in total. The Hall–Kier alpha value is -3.87. The van der Waals surface area contributed by atoms with Crippen LogP contribution in [-0.2, 0) is 6.61 Å². The molecule has 0 unspecified atom stereocenters. The second-order valence-electron chi connectivity index (χ2n) is 6.45. The highest BCUT2D eigenvalue weighted by Gasteiger charge is 2.17. The van der Waals surface area contributed by atoms with Crippen LogP contribution < -0.4 is 9.47 Å². The number of hydrogen-bond donors (Lipinski definition) is 1. The molecule has 0 fully saturated rings. The van der Waals surface area contributed by atoms with E-state index < -0.39 is 4.92 Å². The van der Waals surface area contributed by atoms with Crippen LogP contribution in [0.15, 0.2) is 71.9 Å². The SMILES string of the molecule is C/C(=N\O)c1c(OCc2ccccc2)cc(C)cc1Oc1ccc([N+](=O)[O-])cc1. The van der Waals surface area contributed by atoms with Gasteiger partial charge < -0.3 is 14.7 Å². The van der Waals surface area contributed by atoms with Gasteiger partial charge in [-0.25, -0.2) is 0 Å². The van der Waals surface area contributed by atoms with E-state index in [1.54, 1.807) is 13.0 Å². The van der Waals surface area contributed by atoms with E-state index in [-0.39, 0.29) is 5.69 Å². The van der Waals surface area contributed by atoms with Crippen LogP contribution in [0.5, 0.6) is 17.2 Å². The second kappa shape index (κ2) is 8.88. The molecule has 0 aliphatic carbocycles. The minimum Gasteiger partial charge on any atom is -0.488 e. The second-order valence-corrected chi connectivity index (χ2v) is 6.45. The molecule has 3 rings (SSSR count). The normalized spacial score (nSPS) is 11.2. The number of nitro groups is 1. The maximum absolute atomic E-state index is 10.8. The third kappa shape index (κ3) is 4.90. The Bertz CT molecular complexity index is 1030. The highest BCUT2D eigenvalue weighted by molar-refractivity contribution is 6.03. The Morgan fingerprint density at radius 3 is 2.34 bits per heavy atom. The Labute approximate surface area is 168 Å². The number of rotatable bonds is 7. The van der Waals surface area contributed by atoms with Crippen molar-refractivity contribution in [3.63, 3.8) is 0 Å². The summed E-state index contributed by atoms with van der Waals surface area (Å²) in [7, 11) is 0. The summed E-state index contributed by atoms with van der Waals surface area (Å²) < 4.78 is 11.9. The molecular weight excluding hydrogens is 372 g/mol. The maximum atomic E-state index is 10.8. The number of oxime groups is 1. The first-order valence-corrected chi connectivity index (χ1v) is 8.90. The Balaban J connectivity index is 1.95. The summed E-state index contributed by atoms with van der Waals surface area (Å²) in [4.78, 5) is 10.4. The summed E-state index contributed by atoms with van der Waals surface area (Å²) in [6.45, 7) is 3.88. The lowest BCUT2D eigenvalue weighted by molar-refractivity contribution is -0.384. The van der Waals surface area contributed by atoms with Crippen molar-refractivity contribution < 1.29 is 19.6 Å². The predicted molar refractivity (Wildman–Crippen MR) is 109 cm³/mol. The number of benzene rings is 3. The molecule has 7 heteroatoms. The molecule has 0 aliphatic rings. The van der Waals surface area contributed by atoms with Crippen molar-refractivity contribution in [2.75, 3.05) is 0 Å². The highest BCUT2D eigenvalue weighted by atomic mass is 16.6. The third-order valence-electron chi connectivity index (χ3n) is 4.23. The summed E-state index contributed by atoms with van der Waals surface area (Å²) in [6.07, 6.45) is 0. The number of ether oxygens (including phenoxy) is 2. The van der Waals surface area contributed by atoms with E-state index in [0.717, 1.165) is 11.1 Å². The Kier molecular flexibility index (Phi) is 6.09. The van der Waals surface area contributed by atoms with E-state index >= 15 is 0 Å². The van der Waals surface area contributed by atoms with Crippen molar-refractivity contribution >= 4 is 11.4 Å². The summed E-state index contributed by atoms with van der Waals surface area (Å²) in [5, 5.41) is 23.5. The minimum atomic E-state index is -0.472. The summed E-state index contributed by atoms with van der Waals surface area (Å²) in [5.74, 6) is 1.36. The smallest absolute Gasteiger partial charge is 0.269 e. The topological polar surface area (TPSA) is 94.2 Å². The fourth-order valence-corrected chi connectivity index (χ4v) is 2.82. The molecule has 29 heavy (non-hydrogen) atoms. The van der Waals surface area contributed by atoms with Gasteiger partial charge in [-0.05, 0) is 49.2 Å². The fraction of sp³-hybridized carbons (Fsp3) is 0.136. The molecule has 0 aliphatic heterocycles. The first-order valence-electron chi connectivity index (χ1n) is 8.90. The van der Waals surface area contributed by atoms with Crippen molar-refractivity contribution in [1.82, 2.24) is 0 Å². The lowest BCUT2D eigenvalue weighted by Crippen LogP contribution is -2.05. The molecule has 0 bridgehead atoms. The highest BCUT2D eigenvalue weighted by Crippen LogP contribution is 2.35. The monoisotopic (exact) mass is 392 g/mol. The average Bonchev–Trinajstić information content (AvgIpc) is 2.72. The van der Waals surface area contributed by atoms with Gasteiger partial charge in [-0.3, -0.25) is 10.1 Å². The van der Waals surface area contributed by atoms with Crippen LogP contribution in [0.25, 0.3) is 0 Å². The zero-order chi connectivity index (χ0) is 20.8. The van der Waals surface area contributed by atoms with Crippen molar-refractivity contribution in [1.29, 1.82) is 0 Å². The van der Waals surface area contributed by atoms with Crippen LogP contribution >= 0.6 is 0 Å². The molecule has 7 nitrogen and oxygen atoms in total. The van der Waals surface area contributed by atoms with E-state index in [1.807, 2.05) is 43.3 Å². The van der Waals surface area contributed by atoms with Crippen LogP contribution in [-0.4, -0.2) is 15.8 Å². The van der Waals surface area contributed by atoms with Gasteiger partial charge in [0.05, 0.1) is 16.2 Å². The van der Waals surface area contributed by atoms with Crippen LogP contribution in [0.1, 0.15) is 23.6 Å². The largest absolute Gasteiger partial charge is 0.488 e. The van der Waals surface area contributed by atoms with Crippen molar-refractivity contribution in [2.45, 2.75) is 20.5 Å². The molecule has 0 saturated heterocycles. The zero-order valence-electron chi connectivity index (χ0n) is 16.0. The van der Waals surface area contributed by atoms with Gasteiger partial charge in [-0.15, -0.1) is 0 Å². The number of hydrogen-bond acceptors (Lipinski definition) is 6. The summed E-state index contributed by atoms with van der Waals surface area (Å²) in [6, 6.07) is 19.1. The Morgan fingerprint density at radius 1 is 1.07 bits per heavy atom. The van der Waals surface area contributed by atoms with Gasteiger partial charge in [0.2, 0.25) is 0 Å². The molecule has 0 spiro atoms. The zero-order valence-corrected chi connectivity index (χ0v) is 16.0. The maximum Gasteiger partial charge on any atom is 0.269 e. The van der Waals surface area contributed by atoms with Gasteiger partial charge in [0.1, 0.15) is 23.9 Å². The molecule has 3 aromatic rings. The fourth-order valence-electron chi connectivity index (χ4n) is 2.82. The van der Waals surface area contributed by atoms with Crippen LogP contribution in [0.2, 0.25) is 0 Å². The van der Waals surface area contributed by atoms with Crippen molar-refractivity contribution in [2.24, 2.45) is 5.16 Å². The number of nitro benzene ring substituents is 1. The van der Waals surface area contributed by atoms with Gasteiger partial charge in [0, 0.05) is 12.1 Å². The Morgan fingerprint density at radius 2 is 1.72 bits per heavy atom. The van der Waals surface area contributed by atoms with Crippen LogP contribution in [0.3, 0.4) is 0 Å². The van der Waals surface area contributed by atoms with Gasteiger partial charge in [-0.1, -0.05) is 35.5 Å². The minimum absolute atomic E-state index is 0.0261. The molecule has 0 aromatic heterocycles. The first kappa shape index (κ1) is 19.9. The predicted octanol–water partition coefficient (Wildman–Crippen LogP) is 5.47. The molecule has 148 valence electrons. The van der Waals surface area contributed by atoms with Crippen molar-refractivity contribution in [3.05, 3.63) is 93.5 Å². The quantitative estimate of drug-likeness (QED) is 0.249. The molecule has 0 radical (unpaired) electrons. The molecular formula is C22H20N2O5. The third-order valence-corrected chi connectivity index (χ3v) is 4.23. The average molecular weight is 392 g/mol. The van der Waals surface area contributed by atoms with Crippen molar-refractivity contribution in [3.8, 4) is 17.2 Å². The molecule has 0 saturated carbocycles. The molecule has 0 atom stereocenters. The molecule has 0 heterocycles. The lowest BCUT2D eigenvalue weighted by Gasteiger charge is -2.17.